The highest BCUT2D eigenvalue weighted by atomic mass is 15.3. The molecule has 1 aliphatic heterocycles. The summed E-state index contributed by atoms with van der Waals surface area (Å²) in [6.45, 7) is 8.83. The number of nitrogens with zero attached hydrogens (tertiary/aromatic N) is 2. The lowest BCUT2D eigenvalue weighted by Crippen LogP contribution is -2.42. The van der Waals surface area contributed by atoms with Crippen LogP contribution in [-0.4, -0.2) is 37.0 Å². The largest absolute Gasteiger partial charge is 0.357 e. The Morgan fingerprint density at radius 1 is 1.22 bits per heavy atom. The number of rotatable bonds is 5. The van der Waals surface area contributed by atoms with Crippen molar-refractivity contribution in [2.24, 2.45) is 10.4 Å². The molecule has 0 unspecified atom stereocenters. The molecule has 0 aromatic heterocycles. The van der Waals surface area contributed by atoms with Gasteiger partial charge in [-0.3, -0.25) is 4.99 Å². The van der Waals surface area contributed by atoms with Crippen molar-refractivity contribution in [3.05, 3.63) is 0 Å². The highest BCUT2D eigenvalue weighted by Gasteiger charge is 2.43. The Kier molecular flexibility index (Phi) is 4.90. The zero-order chi connectivity index (χ0) is 12.8. The first-order valence-corrected chi connectivity index (χ1v) is 7.83. The average Bonchev–Trinajstić information content (AvgIpc) is 2.78. The van der Waals surface area contributed by atoms with Crippen LogP contribution in [0.2, 0.25) is 0 Å². The molecule has 104 valence electrons. The van der Waals surface area contributed by atoms with Crippen molar-refractivity contribution >= 4 is 5.96 Å². The van der Waals surface area contributed by atoms with Crippen molar-refractivity contribution in [2.75, 3.05) is 26.2 Å². The number of guanidine groups is 1. The number of hydrogen-bond donors (Lipinski definition) is 1. The third-order valence-corrected chi connectivity index (χ3v) is 4.51. The summed E-state index contributed by atoms with van der Waals surface area (Å²) in [5.74, 6) is 1.16. The summed E-state index contributed by atoms with van der Waals surface area (Å²) >= 11 is 0. The molecule has 1 spiro atoms. The smallest absolute Gasteiger partial charge is 0.193 e. The Bertz CT molecular complexity index is 281. The van der Waals surface area contributed by atoms with Gasteiger partial charge < -0.3 is 10.2 Å². The van der Waals surface area contributed by atoms with Crippen molar-refractivity contribution in [3.63, 3.8) is 0 Å². The predicted molar refractivity (Wildman–Crippen MR) is 78.0 cm³/mol. The van der Waals surface area contributed by atoms with E-state index in [4.69, 9.17) is 4.99 Å². The molecule has 1 saturated carbocycles. The van der Waals surface area contributed by atoms with Crippen molar-refractivity contribution in [1.29, 1.82) is 0 Å². The van der Waals surface area contributed by atoms with Crippen LogP contribution in [0.5, 0.6) is 0 Å². The second-order valence-corrected chi connectivity index (χ2v) is 5.97. The molecule has 0 bridgehead atoms. The van der Waals surface area contributed by atoms with Crippen LogP contribution in [-0.2, 0) is 0 Å². The van der Waals surface area contributed by atoms with E-state index in [1.165, 1.54) is 58.0 Å². The first-order chi connectivity index (χ1) is 8.79. The molecule has 2 aliphatic rings. The van der Waals surface area contributed by atoms with Crippen LogP contribution in [0.3, 0.4) is 0 Å². The molecule has 1 saturated heterocycles. The molecule has 3 heteroatoms. The maximum Gasteiger partial charge on any atom is 0.193 e. The predicted octanol–water partition coefficient (Wildman–Crippen LogP) is 3.02. The normalized spacial score (nSPS) is 22.3. The highest BCUT2D eigenvalue weighted by Crippen LogP contribution is 2.47. The van der Waals surface area contributed by atoms with Gasteiger partial charge in [0.1, 0.15) is 0 Å². The summed E-state index contributed by atoms with van der Waals surface area (Å²) in [6.07, 6.45) is 9.51. The monoisotopic (exact) mass is 251 g/mol. The van der Waals surface area contributed by atoms with E-state index in [1.54, 1.807) is 0 Å². The molecule has 0 atom stereocenters. The molecule has 2 rings (SSSR count). The third-order valence-electron chi connectivity index (χ3n) is 4.51. The Balaban J connectivity index is 1.85. The summed E-state index contributed by atoms with van der Waals surface area (Å²) in [7, 11) is 0. The number of aliphatic imine (C=N–C) groups is 1. The van der Waals surface area contributed by atoms with E-state index >= 15 is 0 Å². The van der Waals surface area contributed by atoms with Gasteiger partial charge in [-0.25, -0.2) is 0 Å². The number of nitrogens with one attached hydrogen (secondary N) is 1. The Morgan fingerprint density at radius 3 is 2.61 bits per heavy atom. The summed E-state index contributed by atoms with van der Waals surface area (Å²) in [5, 5.41) is 3.46. The molecule has 0 radical (unpaired) electrons. The maximum atomic E-state index is 4.79. The highest BCUT2D eigenvalue weighted by molar-refractivity contribution is 5.80. The standard InChI is InChI=1S/C15H29N3/c1-3-5-6-11-17-14(16-4-2)18-12-10-15(13-18)8-7-9-15/h3-13H2,1-2H3,(H,16,17). The zero-order valence-corrected chi connectivity index (χ0v) is 12.2. The quantitative estimate of drug-likeness (QED) is 0.462. The second-order valence-electron chi connectivity index (χ2n) is 5.97. The van der Waals surface area contributed by atoms with Gasteiger partial charge >= 0.3 is 0 Å². The minimum Gasteiger partial charge on any atom is -0.357 e. The van der Waals surface area contributed by atoms with E-state index in [0.717, 1.165) is 19.0 Å². The van der Waals surface area contributed by atoms with Crippen molar-refractivity contribution < 1.29 is 0 Å². The van der Waals surface area contributed by atoms with Crippen LogP contribution in [0.4, 0.5) is 0 Å². The second kappa shape index (κ2) is 6.44. The van der Waals surface area contributed by atoms with Gasteiger partial charge in [-0.15, -0.1) is 0 Å². The van der Waals surface area contributed by atoms with Crippen molar-refractivity contribution in [3.8, 4) is 0 Å². The molecule has 0 aromatic carbocycles. The van der Waals surface area contributed by atoms with Gasteiger partial charge in [-0.05, 0) is 38.0 Å². The van der Waals surface area contributed by atoms with Crippen LogP contribution in [0.25, 0.3) is 0 Å². The van der Waals surface area contributed by atoms with Crippen molar-refractivity contribution in [1.82, 2.24) is 10.2 Å². The van der Waals surface area contributed by atoms with E-state index in [1.807, 2.05) is 0 Å². The van der Waals surface area contributed by atoms with E-state index in [9.17, 15) is 0 Å². The van der Waals surface area contributed by atoms with E-state index in [0.29, 0.717) is 5.41 Å². The topological polar surface area (TPSA) is 27.6 Å². The Hall–Kier alpha value is -0.730. The molecule has 1 N–H and O–H groups in total. The minimum absolute atomic E-state index is 0.666. The fraction of sp³-hybridized carbons (Fsp3) is 0.933. The average molecular weight is 251 g/mol. The van der Waals surface area contributed by atoms with E-state index in [-0.39, 0.29) is 0 Å². The molecule has 1 heterocycles. The van der Waals surface area contributed by atoms with Gasteiger partial charge in [0, 0.05) is 26.2 Å². The summed E-state index contributed by atoms with van der Waals surface area (Å²) in [5.41, 5.74) is 0.666. The molecular weight excluding hydrogens is 222 g/mol. The van der Waals surface area contributed by atoms with Gasteiger partial charge in [-0.2, -0.15) is 0 Å². The van der Waals surface area contributed by atoms with Crippen LogP contribution < -0.4 is 5.32 Å². The summed E-state index contributed by atoms with van der Waals surface area (Å²) in [6, 6.07) is 0. The van der Waals surface area contributed by atoms with Gasteiger partial charge in [0.15, 0.2) is 5.96 Å². The van der Waals surface area contributed by atoms with Gasteiger partial charge in [0.05, 0.1) is 0 Å². The first kappa shape index (κ1) is 13.7. The summed E-state index contributed by atoms with van der Waals surface area (Å²) in [4.78, 5) is 7.28. The van der Waals surface area contributed by atoms with Crippen molar-refractivity contribution in [2.45, 2.75) is 58.8 Å². The van der Waals surface area contributed by atoms with Crippen LogP contribution in [0.1, 0.15) is 58.8 Å². The number of likely N-dealkylation sites (tertiary alicyclic amines) is 1. The van der Waals surface area contributed by atoms with Gasteiger partial charge in [0.2, 0.25) is 0 Å². The maximum absolute atomic E-state index is 4.79. The lowest BCUT2D eigenvalue weighted by molar-refractivity contribution is 0.151. The number of unbranched alkanes of at least 4 members (excludes halogenated alkanes) is 2. The van der Waals surface area contributed by atoms with Crippen LogP contribution >= 0.6 is 0 Å². The van der Waals surface area contributed by atoms with E-state index in [2.05, 4.69) is 24.1 Å². The summed E-state index contributed by atoms with van der Waals surface area (Å²) < 4.78 is 0. The zero-order valence-electron chi connectivity index (χ0n) is 12.2. The van der Waals surface area contributed by atoms with E-state index < -0.39 is 0 Å². The minimum atomic E-state index is 0.666. The Labute approximate surface area is 112 Å². The van der Waals surface area contributed by atoms with Gasteiger partial charge in [0.25, 0.3) is 0 Å². The van der Waals surface area contributed by atoms with Gasteiger partial charge in [-0.1, -0.05) is 26.2 Å². The van der Waals surface area contributed by atoms with Crippen LogP contribution in [0, 0.1) is 5.41 Å². The molecule has 18 heavy (non-hydrogen) atoms. The Morgan fingerprint density at radius 2 is 2.06 bits per heavy atom. The molecule has 3 nitrogen and oxygen atoms in total. The third kappa shape index (κ3) is 3.18. The fourth-order valence-corrected chi connectivity index (χ4v) is 3.17. The number of hydrogen-bond acceptors (Lipinski definition) is 1. The first-order valence-electron chi connectivity index (χ1n) is 7.83. The molecule has 1 aliphatic carbocycles. The molecule has 0 amide bonds. The molecular formula is C15H29N3. The molecule has 2 fully saturated rings. The SMILES string of the molecule is CCCCCN=C(NCC)N1CCC2(CCC2)C1. The fourth-order valence-electron chi connectivity index (χ4n) is 3.17. The molecule has 0 aromatic rings. The van der Waals surface area contributed by atoms with Crippen LogP contribution in [0.15, 0.2) is 4.99 Å². The lowest BCUT2D eigenvalue weighted by atomic mass is 9.68. The lowest BCUT2D eigenvalue weighted by Gasteiger charge is -2.38.